The van der Waals surface area contributed by atoms with E-state index in [-0.39, 0.29) is 6.09 Å². The molecule has 1 aromatic carbocycles. The lowest BCUT2D eigenvalue weighted by molar-refractivity contribution is 0.111. The molecule has 0 radical (unpaired) electrons. The quantitative estimate of drug-likeness (QED) is 0.613. The SMILES string of the molecule is Cc1ccnc(Cc2ccc(OC(=O)N3CCN(CCc4ccccn4)CC3)cc2)c1. The molecule has 1 fully saturated rings. The van der Waals surface area contributed by atoms with Gasteiger partial charge in [-0.1, -0.05) is 18.2 Å². The van der Waals surface area contributed by atoms with E-state index in [1.807, 2.05) is 54.9 Å². The number of hydrogen-bond acceptors (Lipinski definition) is 5. The number of benzene rings is 1. The summed E-state index contributed by atoms with van der Waals surface area (Å²) in [7, 11) is 0. The van der Waals surface area contributed by atoms with E-state index in [4.69, 9.17) is 4.74 Å². The molecule has 3 aromatic rings. The molecule has 160 valence electrons. The highest BCUT2D eigenvalue weighted by Crippen LogP contribution is 2.16. The van der Waals surface area contributed by atoms with Crippen molar-refractivity contribution in [3.05, 3.63) is 89.5 Å². The predicted octanol–water partition coefficient (Wildman–Crippen LogP) is 3.73. The van der Waals surface area contributed by atoms with Crippen LogP contribution in [0.1, 0.15) is 22.5 Å². The highest BCUT2D eigenvalue weighted by Gasteiger charge is 2.22. The standard InChI is InChI=1S/C25H28N4O2/c1-20-9-12-27-23(18-20)19-21-5-7-24(8-6-21)31-25(30)29-16-14-28(15-17-29)13-10-22-4-2-3-11-26-22/h2-9,11-12,18H,10,13-17,19H2,1H3. The molecule has 6 heteroatoms. The second kappa shape index (κ2) is 10.2. The number of piperazine rings is 1. The molecule has 1 aliphatic heterocycles. The van der Waals surface area contributed by atoms with Crippen molar-refractivity contribution in [3.8, 4) is 5.75 Å². The Kier molecular flexibility index (Phi) is 6.89. The Balaban J connectivity index is 1.22. The molecule has 2 aromatic heterocycles. The first-order chi connectivity index (χ1) is 15.2. The summed E-state index contributed by atoms with van der Waals surface area (Å²) in [6, 6.07) is 17.8. The summed E-state index contributed by atoms with van der Waals surface area (Å²) in [6.07, 6.45) is 5.07. The topological polar surface area (TPSA) is 58.6 Å². The van der Waals surface area contributed by atoms with E-state index < -0.39 is 0 Å². The maximum atomic E-state index is 12.5. The third-order valence-corrected chi connectivity index (χ3v) is 5.53. The Morgan fingerprint density at radius 2 is 1.71 bits per heavy atom. The van der Waals surface area contributed by atoms with E-state index in [2.05, 4.69) is 33.9 Å². The van der Waals surface area contributed by atoms with Gasteiger partial charge in [0, 0.05) is 69.3 Å². The summed E-state index contributed by atoms with van der Waals surface area (Å²) in [5, 5.41) is 0. The number of hydrogen-bond donors (Lipinski definition) is 0. The van der Waals surface area contributed by atoms with Gasteiger partial charge in [-0.3, -0.25) is 14.9 Å². The molecule has 6 nitrogen and oxygen atoms in total. The number of ether oxygens (including phenoxy) is 1. The van der Waals surface area contributed by atoms with Crippen LogP contribution < -0.4 is 4.74 Å². The van der Waals surface area contributed by atoms with Gasteiger partial charge in [-0.25, -0.2) is 4.79 Å². The fraction of sp³-hybridized carbons (Fsp3) is 0.320. The number of aromatic nitrogens is 2. The van der Waals surface area contributed by atoms with Gasteiger partial charge < -0.3 is 9.64 Å². The second-order valence-corrected chi connectivity index (χ2v) is 7.91. The highest BCUT2D eigenvalue weighted by atomic mass is 16.6. The van der Waals surface area contributed by atoms with Gasteiger partial charge in [-0.2, -0.15) is 0 Å². The van der Waals surface area contributed by atoms with Crippen LogP contribution in [0.3, 0.4) is 0 Å². The van der Waals surface area contributed by atoms with Crippen molar-refractivity contribution in [3.63, 3.8) is 0 Å². The minimum atomic E-state index is -0.280. The van der Waals surface area contributed by atoms with Crippen molar-refractivity contribution in [2.24, 2.45) is 0 Å². The molecule has 0 spiro atoms. The van der Waals surface area contributed by atoms with Crippen molar-refractivity contribution in [2.75, 3.05) is 32.7 Å². The van der Waals surface area contributed by atoms with Gasteiger partial charge in [-0.05, 0) is 54.4 Å². The first-order valence-electron chi connectivity index (χ1n) is 10.8. The molecule has 1 aliphatic rings. The molecule has 3 heterocycles. The maximum absolute atomic E-state index is 12.5. The van der Waals surface area contributed by atoms with E-state index in [9.17, 15) is 4.79 Å². The van der Waals surface area contributed by atoms with Crippen LogP contribution in [0.2, 0.25) is 0 Å². The van der Waals surface area contributed by atoms with E-state index in [0.29, 0.717) is 18.8 Å². The van der Waals surface area contributed by atoms with E-state index in [0.717, 1.165) is 49.4 Å². The van der Waals surface area contributed by atoms with Crippen LogP contribution >= 0.6 is 0 Å². The number of nitrogens with zero attached hydrogens (tertiary/aromatic N) is 4. The molecule has 31 heavy (non-hydrogen) atoms. The van der Waals surface area contributed by atoms with Crippen molar-refractivity contribution < 1.29 is 9.53 Å². The minimum Gasteiger partial charge on any atom is -0.410 e. The molecule has 4 rings (SSSR count). The number of carbonyl (C=O) groups excluding carboxylic acids is 1. The van der Waals surface area contributed by atoms with Gasteiger partial charge >= 0.3 is 6.09 Å². The van der Waals surface area contributed by atoms with Crippen molar-refractivity contribution in [1.29, 1.82) is 0 Å². The summed E-state index contributed by atoms with van der Waals surface area (Å²) in [6.45, 7) is 6.08. The number of rotatable bonds is 6. The number of aryl methyl sites for hydroxylation is 1. The fourth-order valence-electron chi connectivity index (χ4n) is 3.72. The zero-order valence-corrected chi connectivity index (χ0v) is 17.9. The third-order valence-electron chi connectivity index (χ3n) is 5.53. The van der Waals surface area contributed by atoms with Crippen molar-refractivity contribution >= 4 is 6.09 Å². The van der Waals surface area contributed by atoms with Gasteiger partial charge in [0.25, 0.3) is 0 Å². The number of amides is 1. The largest absolute Gasteiger partial charge is 0.415 e. The zero-order chi connectivity index (χ0) is 21.5. The molecule has 0 unspecified atom stereocenters. The van der Waals surface area contributed by atoms with Crippen LogP contribution in [0.15, 0.2) is 67.0 Å². The lowest BCUT2D eigenvalue weighted by Gasteiger charge is -2.33. The van der Waals surface area contributed by atoms with Crippen LogP contribution in [0.25, 0.3) is 0 Å². The van der Waals surface area contributed by atoms with Crippen LogP contribution in [0.5, 0.6) is 5.75 Å². The lowest BCUT2D eigenvalue weighted by atomic mass is 10.1. The molecular weight excluding hydrogens is 388 g/mol. The van der Waals surface area contributed by atoms with Gasteiger partial charge in [0.05, 0.1) is 0 Å². The first-order valence-corrected chi connectivity index (χ1v) is 10.8. The molecule has 0 atom stereocenters. The molecular formula is C25H28N4O2. The molecule has 0 aliphatic carbocycles. The summed E-state index contributed by atoms with van der Waals surface area (Å²) in [5.74, 6) is 0.573. The van der Waals surface area contributed by atoms with Crippen molar-refractivity contribution in [2.45, 2.75) is 19.8 Å². The molecule has 0 saturated carbocycles. The normalized spacial score (nSPS) is 14.4. The average molecular weight is 417 g/mol. The molecule has 1 saturated heterocycles. The Hall–Kier alpha value is -3.25. The van der Waals surface area contributed by atoms with Crippen LogP contribution in [-0.2, 0) is 12.8 Å². The Bertz CT molecular complexity index is 984. The molecule has 0 bridgehead atoms. The Labute approximate surface area is 183 Å². The fourth-order valence-corrected chi connectivity index (χ4v) is 3.72. The Morgan fingerprint density at radius 1 is 0.935 bits per heavy atom. The monoisotopic (exact) mass is 416 g/mol. The third kappa shape index (κ3) is 6.12. The summed E-state index contributed by atoms with van der Waals surface area (Å²) >= 11 is 0. The van der Waals surface area contributed by atoms with Gasteiger partial charge in [-0.15, -0.1) is 0 Å². The van der Waals surface area contributed by atoms with Gasteiger partial charge in [0.15, 0.2) is 0 Å². The number of pyridine rings is 2. The minimum absolute atomic E-state index is 0.280. The second-order valence-electron chi connectivity index (χ2n) is 7.91. The van der Waals surface area contributed by atoms with Crippen LogP contribution in [-0.4, -0.2) is 58.6 Å². The predicted molar refractivity (Wildman–Crippen MR) is 120 cm³/mol. The first kappa shape index (κ1) is 21.0. The summed E-state index contributed by atoms with van der Waals surface area (Å²) in [4.78, 5) is 25.5. The lowest BCUT2D eigenvalue weighted by Crippen LogP contribution is -2.49. The van der Waals surface area contributed by atoms with E-state index in [1.54, 1.807) is 4.90 Å². The van der Waals surface area contributed by atoms with E-state index >= 15 is 0 Å². The smallest absolute Gasteiger partial charge is 0.410 e. The van der Waals surface area contributed by atoms with Gasteiger partial charge in [0.1, 0.15) is 5.75 Å². The van der Waals surface area contributed by atoms with E-state index in [1.165, 1.54) is 5.56 Å². The zero-order valence-electron chi connectivity index (χ0n) is 17.9. The Morgan fingerprint density at radius 3 is 2.42 bits per heavy atom. The molecule has 0 N–H and O–H groups in total. The highest BCUT2D eigenvalue weighted by molar-refractivity contribution is 5.70. The summed E-state index contributed by atoms with van der Waals surface area (Å²) < 4.78 is 5.59. The maximum Gasteiger partial charge on any atom is 0.415 e. The van der Waals surface area contributed by atoms with Gasteiger partial charge in [0.2, 0.25) is 0 Å². The molecule has 1 amide bonds. The van der Waals surface area contributed by atoms with Crippen LogP contribution in [0, 0.1) is 6.92 Å². The van der Waals surface area contributed by atoms with Crippen LogP contribution in [0.4, 0.5) is 4.79 Å². The summed E-state index contributed by atoms with van der Waals surface area (Å²) in [5.41, 5.74) is 4.48. The van der Waals surface area contributed by atoms with Crippen molar-refractivity contribution in [1.82, 2.24) is 19.8 Å². The number of carbonyl (C=O) groups is 1. The average Bonchev–Trinajstić information content (AvgIpc) is 2.80.